The van der Waals surface area contributed by atoms with Gasteiger partial charge < -0.3 is 14.6 Å². The van der Waals surface area contributed by atoms with Crippen molar-refractivity contribution in [3.05, 3.63) is 62.6 Å². The maximum atomic E-state index is 10.6. The molecular weight excluding hydrogens is 320 g/mol. The van der Waals surface area contributed by atoms with Gasteiger partial charge in [-0.2, -0.15) is 9.67 Å². The molecule has 0 N–H and O–H groups in total. The molecule has 1 aromatic carbocycles. The Balaban J connectivity index is 1.66. The minimum Gasteiger partial charge on any atom is -0.358 e. The molecule has 11 nitrogen and oxygen atoms in total. The molecule has 0 aliphatic heterocycles. The minimum atomic E-state index is -0.574. The van der Waals surface area contributed by atoms with Crippen LogP contribution in [0.1, 0.15) is 5.89 Å². The van der Waals surface area contributed by atoms with Crippen LogP contribution in [0.25, 0.3) is 11.4 Å². The molecule has 0 atom stereocenters. The summed E-state index contributed by atoms with van der Waals surface area (Å²) in [6.07, 6.45) is 1.84. The molecule has 122 valence electrons. The third kappa shape index (κ3) is 3.24. The van der Waals surface area contributed by atoms with Gasteiger partial charge in [0.25, 0.3) is 5.69 Å². The second kappa shape index (κ2) is 6.24. The van der Waals surface area contributed by atoms with Crippen LogP contribution >= 0.6 is 0 Å². The van der Waals surface area contributed by atoms with Gasteiger partial charge >= 0.3 is 5.82 Å². The fraction of sp³-hybridized carbons (Fsp3) is 0.154. The Morgan fingerprint density at radius 3 is 2.46 bits per heavy atom. The molecular formula is C13H10N6O5. The van der Waals surface area contributed by atoms with E-state index in [0.29, 0.717) is 30.2 Å². The Hall–Kier alpha value is -3.63. The summed E-state index contributed by atoms with van der Waals surface area (Å²) in [5.41, 5.74) is 0.563. The average molecular weight is 330 g/mol. The van der Waals surface area contributed by atoms with Crippen LogP contribution in [0.15, 0.2) is 41.1 Å². The summed E-state index contributed by atoms with van der Waals surface area (Å²) in [5, 5.41) is 28.8. The largest absolute Gasteiger partial charge is 0.389 e. The van der Waals surface area contributed by atoms with Gasteiger partial charge in [0.1, 0.15) is 0 Å². The Morgan fingerprint density at radius 1 is 1.08 bits per heavy atom. The van der Waals surface area contributed by atoms with E-state index >= 15 is 0 Å². The van der Waals surface area contributed by atoms with Crippen LogP contribution in [0.2, 0.25) is 0 Å². The van der Waals surface area contributed by atoms with E-state index in [-0.39, 0.29) is 11.5 Å². The normalized spacial score (nSPS) is 10.7. The summed E-state index contributed by atoms with van der Waals surface area (Å²) in [4.78, 5) is 24.3. The fourth-order valence-electron chi connectivity index (χ4n) is 1.99. The molecule has 0 bridgehead atoms. The standard InChI is InChI=1S/C13H10N6O5/c20-18(21)10-3-1-9(2-4-10)13-14-12(24-16-13)6-8-17-7-5-11(15-17)19(22)23/h1-5,7H,6,8H2. The third-order valence-electron chi connectivity index (χ3n) is 3.17. The van der Waals surface area contributed by atoms with Crippen LogP contribution in [0.4, 0.5) is 11.5 Å². The van der Waals surface area contributed by atoms with Crippen LogP contribution in [0, 0.1) is 20.2 Å². The van der Waals surface area contributed by atoms with E-state index in [4.69, 9.17) is 4.52 Å². The number of hydrogen-bond donors (Lipinski definition) is 0. The Bertz CT molecular complexity index is 884. The number of aryl methyl sites for hydroxylation is 2. The van der Waals surface area contributed by atoms with Crippen molar-refractivity contribution >= 4 is 11.5 Å². The fourth-order valence-corrected chi connectivity index (χ4v) is 1.99. The number of aromatic nitrogens is 4. The van der Waals surface area contributed by atoms with Crippen molar-refractivity contribution in [2.45, 2.75) is 13.0 Å². The maximum Gasteiger partial charge on any atom is 0.389 e. The van der Waals surface area contributed by atoms with Gasteiger partial charge in [-0.05, 0) is 17.1 Å². The molecule has 0 amide bonds. The second-order valence-corrected chi connectivity index (χ2v) is 4.76. The van der Waals surface area contributed by atoms with E-state index in [0.717, 1.165) is 0 Å². The van der Waals surface area contributed by atoms with Gasteiger partial charge in [-0.15, -0.1) is 0 Å². The molecule has 2 heterocycles. The van der Waals surface area contributed by atoms with Crippen molar-refractivity contribution in [2.75, 3.05) is 0 Å². The summed E-state index contributed by atoms with van der Waals surface area (Å²) >= 11 is 0. The molecule has 0 saturated heterocycles. The number of nitro benzene ring substituents is 1. The van der Waals surface area contributed by atoms with Gasteiger partial charge in [0.2, 0.25) is 11.7 Å². The lowest BCUT2D eigenvalue weighted by molar-refractivity contribution is -0.389. The first-order chi connectivity index (χ1) is 11.5. The topological polar surface area (TPSA) is 143 Å². The van der Waals surface area contributed by atoms with Crippen molar-refractivity contribution in [1.29, 1.82) is 0 Å². The van der Waals surface area contributed by atoms with Crippen molar-refractivity contribution in [1.82, 2.24) is 19.9 Å². The molecule has 0 aliphatic rings. The lowest BCUT2D eigenvalue weighted by atomic mass is 10.2. The Kier molecular flexibility index (Phi) is 3.97. The number of non-ortho nitro benzene ring substituents is 1. The predicted molar refractivity (Wildman–Crippen MR) is 79.0 cm³/mol. The SMILES string of the molecule is O=[N+]([O-])c1ccc(-c2noc(CCn3ccc([N+](=O)[O-])n3)n2)cc1. The summed E-state index contributed by atoms with van der Waals surface area (Å²) in [5.74, 6) is 0.417. The summed E-state index contributed by atoms with van der Waals surface area (Å²) in [7, 11) is 0. The first kappa shape index (κ1) is 15.3. The number of nitro groups is 2. The average Bonchev–Trinajstić information content (AvgIpc) is 3.22. The molecule has 0 radical (unpaired) electrons. The highest BCUT2D eigenvalue weighted by molar-refractivity contribution is 5.56. The van der Waals surface area contributed by atoms with Crippen molar-refractivity contribution < 1.29 is 14.4 Å². The molecule has 0 fully saturated rings. The van der Waals surface area contributed by atoms with Gasteiger partial charge in [0.15, 0.2) is 0 Å². The highest BCUT2D eigenvalue weighted by atomic mass is 16.6. The quantitative estimate of drug-likeness (QED) is 0.493. The lowest BCUT2D eigenvalue weighted by Gasteiger charge is -1.94. The van der Waals surface area contributed by atoms with Crippen molar-refractivity contribution in [2.24, 2.45) is 0 Å². The van der Waals surface area contributed by atoms with Gasteiger partial charge in [-0.1, -0.05) is 5.16 Å². The van der Waals surface area contributed by atoms with Crippen LogP contribution in [0.5, 0.6) is 0 Å². The number of hydrogen-bond acceptors (Lipinski definition) is 8. The minimum absolute atomic E-state index is 0.0252. The summed E-state index contributed by atoms with van der Waals surface area (Å²) < 4.78 is 6.51. The van der Waals surface area contributed by atoms with E-state index < -0.39 is 9.85 Å². The van der Waals surface area contributed by atoms with Gasteiger partial charge in [0, 0.05) is 24.1 Å². The molecule has 0 saturated carbocycles. The van der Waals surface area contributed by atoms with Crippen molar-refractivity contribution in [3.8, 4) is 11.4 Å². The molecule has 0 aliphatic carbocycles. The predicted octanol–water partition coefficient (Wildman–Crippen LogP) is 1.99. The van der Waals surface area contributed by atoms with E-state index in [9.17, 15) is 20.2 Å². The zero-order valence-electron chi connectivity index (χ0n) is 12.1. The molecule has 24 heavy (non-hydrogen) atoms. The molecule has 0 spiro atoms. The monoisotopic (exact) mass is 330 g/mol. The highest BCUT2D eigenvalue weighted by Crippen LogP contribution is 2.20. The molecule has 11 heteroatoms. The highest BCUT2D eigenvalue weighted by Gasteiger charge is 2.14. The van der Waals surface area contributed by atoms with Gasteiger partial charge in [-0.25, -0.2) is 0 Å². The van der Waals surface area contributed by atoms with E-state index in [1.165, 1.54) is 41.2 Å². The van der Waals surface area contributed by atoms with Crippen LogP contribution in [-0.2, 0) is 13.0 Å². The number of nitrogens with zero attached hydrogens (tertiary/aromatic N) is 6. The number of benzene rings is 1. The Morgan fingerprint density at radius 2 is 1.83 bits per heavy atom. The smallest absolute Gasteiger partial charge is 0.358 e. The van der Waals surface area contributed by atoms with Crippen molar-refractivity contribution in [3.63, 3.8) is 0 Å². The van der Waals surface area contributed by atoms with E-state index in [1.54, 1.807) is 0 Å². The zero-order valence-corrected chi connectivity index (χ0v) is 12.1. The maximum absolute atomic E-state index is 10.6. The second-order valence-electron chi connectivity index (χ2n) is 4.76. The lowest BCUT2D eigenvalue weighted by Crippen LogP contribution is -2.03. The summed E-state index contributed by atoms with van der Waals surface area (Å²) in [6, 6.07) is 7.08. The Labute approximate surface area is 133 Å². The van der Waals surface area contributed by atoms with Crippen LogP contribution < -0.4 is 0 Å². The summed E-state index contributed by atoms with van der Waals surface area (Å²) in [6.45, 7) is 0.343. The van der Waals surface area contributed by atoms with Crippen LogP contribution in [-0.4, -0.2) is 29.8 Å². The van der Waals surface area contributed by atoms with E-state index in [1.807, 2.05) is 0 Å². The molecule has 3 aromatic rings. The first-order valence-electron chi connectivity index (χ1n) is 6.78. The molecule has 0 unspecified atom stereocenters. The van der Waals surface area contributed by atoms with Crippen LogP contribution in [0.3, 0.4) is 0 Å². The number of rotatable bonds is 6. The van der Waals surface area contributed by atoms with E-state index in [2.05, 4.69) is 15.2 Å². The van der Waals surface area contributed by atoms with Gasteiger partial charge in [-0.3, -0.25) is 10.1 Å². The zero-order chi connectivity index (χ0) is 17.1. The first-order valence-corrected chi connectivity index (χ1v) is 6.78. The molecule has 2 aromatic heterocycles. The molecule has 3 rings (SSSR count). The van der Waals surface area contributed by atoms with Gasteiger partial charge in [0.05, 0.1) is 28.8 Å². The third-order valence-corrected chi connectivity index (χ3v) is 3.17.